The zero-order chi connectivity index (χ0) is 13.9. The van der Waals surface area contributed by atoms with E-state index in [0.717, 1.165) is 24.6 Å². The van der Waals surface area contributed by atoms with Gasteiger partial charge < -0.3 is 14.4 Å². The maximum Gasteiger partial charge on any atom is 0.321 e. The lowest BCUT2D eigenvalue weighted by atomic mass is 10.2. The Labute approximate surface area is 117 Å². The number of aromatic nitrogens is 5. The Kier molecular flexibility index (Phi) is 3.66. The van der Waals surface area contributed by atoms with Crippen molar-refractivity contribution in [3.8, 4) is 0 Å². The van der Waals surface area contributed by atoms with Crippen LogP contribution in [0, 0.1) is 0 Å². The van der Waals surface area contributed by atoms with Crippen molar-refractivity contribution < 1.29 is 4.52 Å². The van der Waals surface area contributed by atoms with E-state index >= 15 is 0 Å². The molecule has 108 valence electrons. The lowest BCUT2D eigenvalue weighted by Gasteiger charge is -2.06. The quantitative estimate of drug-likeness (QED) is 0.921. The van der Waals surface area contributed by atoms with E-state index in [1.807, 2.05) is 13.8 Å². The highest BCUT2D eigenvalue weighted by molar-refractivity contribution is 5.20. The summed E-state index contributed by atoms with van der Waals surface area (Å²) in [6.07, 6.45) is 4.67. The molecule has 0 saturated carbocycles. The molecule has 0 spiro atoms. The van der Waals surface area contributed by atoms with Gasteiger partial charge in [-0.25, -0.2) is 0 Å². The lowest BCUT2D eigenvalue weighted by Crippen LogP contribution is -2.10. The number of nitrogens with one attached hydrogen (secondary N) is 1. The largest absolute Gasteiger partial charge is 0.330 e. The second-order valence-electron chi connectivity index (χ2n) is 5.46. The highest BCUT2D eigenvalue weighted by Gasteiger charge is 2.15. The standard InChI is InChI=1S/C13H20N6O/c1-9(2)12-15-13(20-18-12)14-8-11-17-16-10-6-4-3-5-7-19(10)11/h9H,3-8H2,1-2H3,(H,14,15,18). The summed E-state index contributed by atoms with van der Waals surface area (Å²) in [4.78, 5) is 4.29. The van der Waals surface area contributed by atoms with E-state index in [1.165, 1.54) is 19.3 Å². The van der Waals surface area contributed by atoms with E-state index < -0.39 is 0 Å². The Morgan fingerprint density at radius 2 is 2.15 bits per heavy atom. The predicted octanol–water partition coefficient (Wildman–Crippen LogP) is 2.12. The maximum atomic E-state index is 5.16. The second-order valence-corrected chi connectivity index (χ2v) is 5.46. The molecule has 0 amide bonds. The number of aryl methyl sites for hydroxylation is 1. The molecule has 7 nitrogen and oxygen atoms in total. The van der Waals surface area contributed by atoms with Crippen LogP contribution in [0.2, 0.25) is 0 Å². The Balaban J connectivity index is 1.67. The third-order valence-electron chi connectivity index (χ3n) is 3.54. The second kappa shape index (κ2) is 5.60. The van der Waals surface area contributed by atoms with E-state index in [-0.39, 0.29) is 5.92 Å². The lowest BCUT2D eigenvalue weighted by molar-refractivity contribution is 0.418. The molecule has 7 heteroatoms. The topological polar surface area (TPSA) is 81.7 Å². The van der Waals surface area contributed by atoms with Gasteiger partial charge in [0.1, 0.15) is 5.82 Å². The molecule has 0 aromatic carbocycles. The van der Waals surface area contributed by atoms with Gasteiger partial charge in [0.25, 0.3) is 0 Å². The smallest absolute Gasteiger partial charge is 0.321 e. The molecule has 0 fully saturated rings. The molecule has 1 aliphatic rings. The minimum Gasteiger partial charge on any atom is -0.330 e. The Hall–Kier alpha value is -1.92. The van der Waals surface area contributed by atoms with Crippen LogP contribution in [-0.4, -0.2) is 24.9 Å². The van der Waals surface area contributed by atoms with E-state index in [1.54, 1.807) is 0 Å². The fourth-order valence-electron chi connectivity index (χ4n) is 2.37. The molecule has 1 aliphatic heterocycles. The van der Waals surface area contributed by atoms with E-state index in [0.29, 0.717) is 18.4 Å². The van der Waals surface area contributed by atoms with Gasteiger partial charge >= 0.3 is 6.01 Å². The van der Waals surface area contributed by atoms with Crippen molar-refractivity contribution in [2.45, 2.75) is 58.5 Å². The molecule has 3 rings (SSSR count). The summed E-state index contributed by atoms with van der Waals surface area (Å²) in [6, 6.07) is 0.444. The van der Waals surface area contributed by atoms with Crippen LogP contribution in [-0.2, 0) is 19.5 Å². The van der Waals surface area contributed by atoms with Crippen LogP contribution >= 0.6 is 0 Å². The predicted molar refractivity (Wildman–Crippen MR) is 73.3 cm³/mol. The zero-order valence-electron chi connectivity index (χ0n) is 12.0. The van der Waals surface area contributed by atoms with Crippen LogP contribution in [0.3, 0.4) is 0 Å². The van der Waals surface area contributed by atoms with Crippen LogP contribution in [0.1, 0.15) is 56.5 Å². The zero-order valence-corrected chi connectivity index (χ0v) is 12.0. The first-order valence-electron chi connectivity index (χ1n) is 7.22. The van der Waals surface area contributed by atoms with Gasteiger partial charge in [-0.05, 0) is 12.8 Å². The molecular formula is C13H20N6O. The fraction of sp³-hybridized carbons (Fsp3) is 0.692. The summed E-state index contributed by atoms with van der Waals surface area (Å²) in [5.41, 5.74) is 0. The van der Waals surface area contributed by atoms with Gasteiger partial charge in [-0.1, -0.05) is 25.4 Å². The first-order chi connectivity index (χ1) is 9.74. The van der Waals surface area contributed by atoms with Gasteiger partial charge in [0.2, 0.25) is 0 Å². The van der Waals surface area contributed by atoms with E-state index in [4.69, 9.17) is 4.52 Å². The molecule has 2 aromatic heterocycles. The van der Waals surface area contributed by atoms with Crippen LogP contribution in [0.25, 0.3) is 0 Å². The normalized spacial score (nSPS) is 15.2. The Bertz CT molecular complexity index is 573. The number of hydrogen-bond acceptors (Lipinski definition) is 6. The molecule has 20 heavy (non-hydrogen) atoms. The molecule has 0 atom stereocenters. The number of rotatable bonds is 4. The van der Waals surface area contributed by atoms with Crippen molar-refractivity contribution in [3.05, 3.63) is 17.5 Å². The average Bonchev–Trinajstić information content (AvgIpc) is 2.98. The van der Waals surface area contributed by atoms with Crippen LogP contribution < -0.4 is 5.32 Å². The van der Waals surface area contributed by atoms with Crippen molar-refractivity contribution in [1.82, 2.24) is 24.9 Å². The van der Waals surface area contributed by atoms with Crippen LogP contribution in [0.4, 0.5) is 6.01 Å². The number of hydrogen-bond donors (Lipinski definition) is 1. The van der Waals surface area contributed by atoms with Crippen molar-refractivity contribution in [2.24, 2.45) is 0 Å². The minimum absolute atomic E-state index is 0.263. The summed E-state index contributed by atoms with van der Waals surface area (Å²) < 4.78 is 7.37. The van der Waals surface area contributed by atoms with Crippen LogP contribution in [0.15, 0.2) is 4.52 Å². The maximum absolute atomic E-state index is 5.16. The van der Waals surface area contributed by atoms with Gasteiger partial charge in [-0.2, -0.15) is 4.98 Å². The molecule has 0 saturated heterocycles. The molecule has 0 unspecified atom stereocenters. The summed E-state index contributed by atoms with van der Waals surface area (Å²) in [5.74, 6) is 3.00. The molecule has 1 N–H and O–H groups in total. The molecule has 0 radical (unpaired) electrons. The van der Waals surface area contributed by atoms with Gasteiger partial charge in [0.15, 0.2) is 11.6 Å². The van der Waals surface area contributed by atoms with Gasteiger partial charge in [-0.15, -0.1) is 10.2 Å². The molecule has 0 bridgehead atoms. The monoisotopic (exact) mass is 276 g/mol. The Morgan fingerprint density at radius 1 is 1.25 bits per heavy atom. The van der Waals surface area contributed by atoms with Crippen molar-refractivity contribution >= 4 is 6.01 Å². The number of fused-ring (bicyclic) bond motifs is 1. The van der Waals surface area contributed by atoms with Gasteiger partial charge in [0, 0.05) is 18.9 Å². The summed E-state index contributed by atoms with van der Waals surface area (Å²) >= 11 is 0. The van der Waals surface area contributed by atoms with Gasteiger partial charge in [-0.3, -0.25) is 0 Å². The number of anilines is 1. The molecule has 3 heterocycles. The summed E-state index contributed by atoms with van der Waals surface area (Å²) in [7, 11) is 0. The Morgan fingerprint density at radius 3 is 2.95 bits per heavy atom. The van der Waals surface area contributed by atoms with Crippen molar-refractivity contribution in [3.63, 3.8) is 0 Å². The number of nitrogens with zero attached hydrogens (tertiary/aromatic N) is 5. The highest BCUT2D eigenvalue weighted by atomic mass is 16.5. The average molecular weight is 276 g/mol. The third kappa shape index (κ3) is 2.66. The fourth-order valence-corrected chi connectivity index (χ4v) is 2.37. The van der Waals surface area contributed by atoms with Gasteiger partial charge in [0.05, 0.1) is 6.54 Å². The van der Waals surface area contributed by atoms with E-state index in [2.05, 4.69) is 30.2 Å². The van der Waals surface area contributed by atoms with E-state index in [9.17, 15) is 0 Å². The minimum atomic E-state index is 0.263. The van der Waals surface area contributed by atoms with Crippen molar-refractivity contribution in [1.29, 1.82) is 0 Å². The highest BCUT2D eigenvalue weighted by Crippen LogP contribution is 2.16. The SMILES string of the molecule is CC(C)c1noc(NCc2nnc3n2CCCCC3)n1. The van der Waals surface area contributed by atoms with Crippen molar-refractivity contribution in [2.75, 3.05) is 5.32 Å². The molecular weight excluding hydrogens is 256 g/mol. The molecule has 2 aromatic rings. The third-order valence-corrected chi connectivity index (χ3v) is 3.54. The molecule has 0 aliphatic carbocycles. The first-order valence-corrected chi connectivity index (χ1v) is 7.22. The summed E-state index contributed by atoms with van der Waals surface area (Å²) in [5, 5.41) is 15.6. The van der Waals surface area contributed by atoms with Crippen LogP contribution in [0.5, 0.6) is 0 Å². The summed E-state index contributed by atoms with van der Waals surface area (Å²) in [6.45, 7) is 5.63. The first kappa shape index (κ1) is 13.1.